The summed E-state index contributed by atoms with van der Waals surface area (Å²) in [6.07, 6.45) is 0. The molecule has 0 unspecified atom stereocenters. The third-order valence-corrected chi connectivity index (χ3v) is 4.85. The lowest BCUT2D eigenvalue weighted by Gasteiger charge is -2.11. The maximum absolute atomic E-state index is 11.2. The third-order valence-electron chi connectivity index (χ3n) is 3.74. The number of hydrogen-bond donors (Lipinski definition) is 2. The van der Waals surface area contributed by atoms with Crippen LogP contribution in [-0.2, 0) is 0 Å². The van der Waals surface area contributed by atoms with Crippen LogP contribution in [0.3, 0.4) is 0 Å². The number of carboxylic acids is 1. The molecule has 2 aromatic carbocycles. The van der Waals surface area contributed by atoms with Crippen LogP contribution in [0.25, 0.3) is 10.8 Å². The number of rotatable bonds is 4. The van der Waals surface area contributed by atoms with E-state index >= 15 is 0 Å². The second-order valence-electron chi connectivity index (χ2n) is 5.43. The molecular formula is C18H12Cl3N3O2. The molecular weight excluding hydrogens is 397 g/mol. The molecule has 0 amide bonds. The molecule has 8 heteroatoms. The summed E-state index contributed by atoms with van der Waals surface area (Å²) < 4.78 is 0. The number of carbonyl (C=O) groups is 1. The number of fused-ring (bicyclic) bond motifs is 1. The van der Waals surface area contributed by atoms with Crippen molar-refractivity contribution in [2.75, 3.05) is 5.43 Å². The SMILES string of the molecule is CC(=NNc1c(Cl)c(Cl)nc(C(=O)O)c1Cl)c1ccc2ccccc2c1. The van der Waals surface area contributed by atoms with Gasteiger partial charge in [0.05, 0.1) is 11.4 Å². The van der Waals surface area contributed by atoms with Crippen molar-refractivity contribution in [1.82, 2.24) is 4.98 Å². The fraction of sp³-hybridized carbons (Fsp3) is 0.0556. The van der Waals surface area contributed by atoms with E-state index in [0.29, 0.717) is 5.71 Å². The molecule has 0 saturated heterocycles. The molecule has 0 bridgehead atoms. The van der Waals surface area contributed by atoms with E-state index in [9.17, 15) is 4.79 Å². The number of pyridine rings is 1. The third kappa shape index (κ3) is 3.60. The molecule has 0 saturated carbocycles. The van der Waals surface area contributed by atoms with Gasteiger partial charge in [0, 0.05) is 0 Å². The molecule has 5 nitrogen and oxygen atoms in total. The molecule has 3 rings (SSSR count). The molecule has 1 heterocycles. The maximum Gasteiger partial charge on any atom is 0.356 e. The average Bonchev–Trinajstić information content (AvgIpc) is 2.63. The van der Waals surface area contributed by atoms with E-state index in [0.717, 1.165) is 16.3 Å². The van der Waals surface area contributed by atoms with Crippen LogP contribution in [0.5, 0.6) is 0 Å². The summed E-state index contributed by atoms with van der Waals surface area (Å²) in [5.41, 5.74) is 3.94. The minimum absolute atomic E-state index is 0.00303. The van der Waals surface area contributed by atoms with E-state index in [2.05, 4.69) is 15.5 Å². The number of nitrogens with zero attached hydrogens (tertiary/aromatic N) is 2. The second kappa shape index (κ2) is 7.50. The molecule has 0 atom stereocenters. The van der Waals surface area contributed by atoms with Crippen LogP contribution >= 0.6 is 34.8 Å². The van der Waals surface area contributed by atoms with E-state index < -0.39 is 11.7 Å². The Morgan fingerprint density at radius 1 is 1.08 bits per heavy atom. The van der Waals surface area contributed by atoms with Crippen LogP contribution in [0.1, 0.15) is 23.0 Å². The summed E-state index contributed by atoms with van der Waals surface area (Å²) in [5, 5.41) is 15.3. The van der Waals surface area contributed by atoms with Gasteiger partial charge in [0.25, 0.3) is 0 Å². The van der Waals surface area contributed by atoms with Gasteiger partial charge in [-0.2, -0.15) is 5.10 Å². The number of hydrogen-bond acceptors (Lipinski definition) is 4. The number of halogens is 3. The minimum Gasteiger partial charge on any atom is -0.476 e. The molecule has 0 spiro atoms. The molecule has 2 N–H and O–H groups in total. The number of nitrogens with one attached hydrogen (secondary N) is 1. The van der Waals surface area contributed by atoms with Crippen molar-refractivity contribution >= 4 is 62.9 Å². The lowest BCUT2D eigenvalue weighted by Crippen LogP contribution is -2.06. The van der Waals surface area contributed by atoms with Gasteiger partial charge in [-0.25, -0.2) is 9.78 Å². The van der Waals surface area contributed by atoms with Gasteiger partial charge >= 0.3 is 5.97 Å². The van der Waals surface area contributed by atoms with Crippen molar-refractivity contribution in [2.24, 2.45) is 5.10 Å². The summed E-state index contributed by atoms with van der Waals surface area (Å²) in [5.74, 6) is -1.31. The largest absolute Gasteiger partial charge is 0.476 e. The quantitative estimate of drug-likeness (QED) is 0.328. The van der Waals surface area contributed by atoms with Crippen molar-refractivity contribution in [3.63, 3.8) is 0 Å². The first kappa shape index (κ1) is 18.5. The summed E-state index contributed by atoms with van der Waals surface area (Å²) in [6.45, 7) is 1.81. The molecule has 26 heavy (non-hydrogen) atoms. The summed E-state index contributed by atoms with van der Waals surface area (Å²) in [4.78, 5) is 14.9. The highest BCUT2D eigenvalue weighted by molar-refractivity contribution is 6.46. The van der Waals surface area contributed by atoms with Gasteiger partial charge in [-0.05, 0) is 29.3 Å². The van der Waals surface area contributed by atoms with E-state index in [1.807, 2.05) is 42.5 Å². The van der Waals surface area contributed by atoms with E-state index in [4.69, 9.17) is 39.9 Å². The Labute approximate surface area is 164 Å². The summed E-state index contributed by atoms with van der Waals surface area (Å²) >= 11 is 18.0. The van der Waals surface area contributed by atoms with E-state index in [-0.39, 0.29) is 20.9 Å². The van der Waals surface area contributed by atoms with Crippen molar-refractivity contribution in [2.45, 2.75) is 6.92 Å². The molecule has 0 aliphatic heterocycles. The zero-order valence-corrected chi connectivity index (χ0v) is 15.7. The molecule has 0 aliphatic carbocycles. The Morgan fingerprint density at radius 2 is 1.77 bits per heavy atom. The smallest absolute Gasteiger partial charge is 0.356 e. The van der Waals surface area contributed by atoms with Gasteiger partial charge in [0.15, 0.2) is 10.8 Å². The van der Waals surface area contributed by atoms with Gasteiger partial charge in [-0.3, -0.25) is 5.43 Å². The average molecular weight is 409 g/mol. The second-order valence-corrected chi connectivity index (χ2v) is 6.54. The number of hydrazone groups is 1. The monoisotopic (exact) mass is 407 g/mol. The normalized spacial score (nSPS) is 11.6. The highest BCUT2D eigenvalue weighted by atomic mass is 35.5. The zero-order valence-electron chi connectivity index (χ0n) is 13.4. The Hall–Kier alpha value is -2.34. The van der Waals surface area contributed by atoms with Crippen molar-refractivity contribution in [3.05, 3.63) is 68.9 Å². The van der Waals surface area contributed by atoms with Crippen LogP contribution < -0.4 is 5.43 Å². The van der Waals surface area contributed by atoms with Crippen molar-refractivity contribution in [1.29, 1.82) is 0 Å². The Balaban J connectivity index is 1.97. The van der Waals surface area contributed by atoms with Gasteiger partial charge in [0.2, 0.25) is 0 Å². The number of aromatic carboxylic acids is 1. The Morgan fingerprint density at radius 3 is 2.46 bits per heavy atom. The fourth-order valence-electron chi connectivity index (χ4n) is 2.37. The number of benzene rings is 2. The minimum atomic E-state index is -1.31. The topological polar surface area (TPSA) is 74.6 Å². The van der Waals surface area contributed by atoms with E-state index in [1.54, 1.807) is 6.92 Å². The first-order valence-corrected chi connectivity index (χ1v) is 8.59. The van der Waals surface area contributed by atoms with Crippen LogP contribution in [0.2, 0.25) is 15.2 Å². The van der Waals surface area contributed by atoms with Gasteiger partial charge in [-0.1, -0.05) is 71.2 Å². The summed E-state index contributed by atoms with van der Waals surface area (Å²) in [7, 11) is 0. The lowest BCUT2D eigenvalue weighted by molar-refractivity contribution is 0.0691. The first-order valence-electron chi connectivity index (χ1n) is 7.45. The number of aromatic nitrogens is 1. The van der Waals surface area contributed by atoms with E-state index in [1.165, 1.54) is 0 Å². The van der Waals surface area contributed by atoms with Crippen molar-refractivity contribution < 1.29 is 9.90 Å². The molecule has 0 aliphatic rings. The van der Waals surface area contributed by atoms with Gasteiger partial charge in [-0.15, -0.1) is 0 Å². The van der Waals surface area contributed by atoms with Crippen LogP contribution in [-0.4, -0.2) is 21.8 Å². The van der Waals surface area contributed by atoms with Crippen LogP contribution in [0.4, 0.5) is 5.69 Å². The highest BCUT2D eigenvalue weighted by Crippen LogP contribution is 2.37. The predicted octanol–water partition coefficient (Wildman–Crippen LogP) is 5.73. The standard InChI is InChI=1S/C18H12Cl3N3O2/c1-9(11-7-6-10-4-2-3-5-12(10)8-11)23-24-15-13(19)16(18(25)26)22-17(21)14(15)20/h2-8H,1H3,(H,22,24)(H,25,26). The first-order chi connectivity index (χ1) is 12.4. The maximum atomic E-state index is 11.2. The van der Waals surface area contributed by atoms with Gasteiger partial charge < -0.3 is 5.11 Å². The van der Waals surface area contributed by atoms with Gasteiger partial charge in [0.1, 0.15) is 10.0 Å². The molecule has 1 aromatic heterocycles. The van der Waals surface area contributed by atoms with Crippen molar-refractivity contribution in [3.8, 4) is 0 Å². The molecule has 3 aromatic rings. The Bertz CT molecular complexity index is 1050. The summed E-state index contributed by atoms with van der Waals surface area (Å²) in [6, 6.07) is 13.9. The highest BCUT2D eigenvalue weighted by Gasteiger charge is 2.20. The number of carboxylic acid groups (broad SMARTS) is 1. The lowest BCUT2D eigenvalue weighted by atomic mass is 10.0. The zero-order chi connectivity index (χ0) is 18.8. The Kier molecular flexibility index (Phi) is 5.32. The molecule has 132 valence electrons. The fourth-order valence-corrected chi connectivity index (χ4v) is 3.04. The predicted molar refractivity (Wildman–Crippen MR) is 106 cm³/mol. The number of anilines is 1. The molecule has 0 fully saturated rings. The van der Waals surface area contributed by atoms with Crippen LogP contribution in [0, 0.1) is 0 Å². The van der Waals surface area contributed by atoms with Crippen LogP contribution in [0.15, 0.2) is 47.6 Å². The molecule has 0 radical (unpaired) electrons.